The SMILES string of the molecule is CCSc1ccccc1C(=O)NCCN1CCN(c2ccccc2OC)CC1. The van der Waals surface area contributed by atoms with Gasteiger partial charge in [-0.15, -0.1) is 11.8 Å². The van der Waals surface area contributed by atoms with Crippen molar-refractivity contribution in [2.75, 3.05) is 57.0 Å². The van der Waals surface area contributed by atoms with Gasteiger partial charge in [0.25, 0.3) is 5.91 Å². The topological polar surface area (TPSA) is 44.8 Å². The Labute approximate surface area is 172 Å². The standard InChI is InChI=1S/C22H29N3O2S/c1-3-28-21-11-7-4-8-18(21)22(26)23-12-13-24-14-16-25(17-15-24)19-9-5-6-10-20(19)27-2/h4-11H,3,12-17H2,1-2H3,(H,23,26). The van der Waals surface area contributed by atoms with Crippen molar-refractivity contribution in [1.82, 2.24) is 10.2 Å². The molecule has 0 saturated carbocycles. The molecular formula is C22H29N3O2S. The van der Waals surface area contributed by atoms with Gasteiger partial charge in [0.2, 0.25) is 0 Å². The Morgan fingerprint density at radius 2 is 1.79 bits per heavy atom. The molecule has 1 aliphatic heterocycles. The zero-order valence-corrected chi connectivity index (χ0v) is 17.5. The van der Waals surface area contributed by atoms with E-state index in [1.54, 1.807) is 18.9 Å². The lowest BCUT2D eigenvalue weighted by Crippen LogP contribution is -2.48. The summed E-state index contributed by atoms with van der Waals surface area (Å²) in [6.07, 6.45) is 0. The van der Waals surface area contributed by atoms with Crippen molar-refractivity contribution in [2.24, 2.45) is 0 Å². The van der Waals surface area contributed by atoms with Gasteiger partial charge in [-0.05, 0) is 30.0 Å². The molecule has 0 spiro atoms. The molecule has 0 radical (unpaired) electrons. The van der Waals surface area contributed by atoms with Crippen LogP contribution in [0.3, 0.4) is 0 Å². The number of benzene rings is 2. The lowest BCUT2D eigenvalue weighted by molar-refractivity contribution is 0.0945. The number of rotatable bonds is 8. The molecule has 0 aliphatic carbocycles. The van der Waals surface area contributed by atoms with Crippen molar-refractivity contribution in [2.45, 2.75) is 11.8 Å². The molecule has 2 aromatic carbocycles. The fraction of sp³-hybridized carbons (Fsp3) is 0.409. The van der Waals surface area contributed by atoms with Gasteiger partial charge in [0, 0.05) is 44.2 Å². The number of amides is 1. The Morgan fingerprint density at radius 3 is 2.54 bits per heavy atom. The van der Waals surface area contributed by atoms with Crippen LogP contribution < -0.4 is 15.0 Å². The minimum absolute atomic E-state index is 0.0178. The molecule has 28 heavy (non-hydrogen) atoms. The van der Waals surface area contributed by atoms with Gasteiger partial charge < -0.3 is 15.0 Å². The fourth-order valence-corrected chi connectivity index (χ4v) is 4.26. The van der Waals surface area contributed by atoms with E-state index in [-0.39, 0.29) is 5.91 Å². The molecule has 1 aliphatic rings. The molecule has 1 heterocycles. The smallest absolute Gasteiger partial charge is 0.252 e. The number of hydrogen-bond donors (Lipinski definition) is 1. The monoisotopic (exact) mass is 399 g/mol. The van der Waals surface area contributed by atoms with E-state index < -0.39 is 0 Å². The first-order chi connectivity index (χ1) is 13.7. The average molecular weight is 400 g/mol. The highest BCUT2D eigenvalue weighted by atomic mass is 32.2. The lowest BCUT2D eigenvalue weighted by Gasteiger charge is -2.36. The van der Waals surface area contributed by atoms with Crippen molar-refractivity contribution in [3.8, 4) is 5.75 Å². The predicted molar refractivity (Wildman–Crippen MR) is 117 cm³/mol. The van der Waals surface area contributed by atoms with E-state index >= 15 is 0 Å². The lowest BCUT2D eigenvalue weighted by atomic mass is 10.2. The molecule has 0 aromatic heterocycles. The van der Waals surface area contributed by atoms with E-state index in [9.17, 15) is 4.79 Å². The number of anilines is 1. The summed E-state index contributed by atoms with van der Waals surface area (Å²) in [7, 11) is 1.72. The molecule has 2 aromatic rings. The number of carbonyl (C=O) groups is 1. The summed E-state index contributed by atoms with van der Waals surface area (Å²) in [5.41, 5.74) is 1.93. The van der Waals surface area contributed by atoms with E-state index in [4.69, 9.17) is 4.74 Å². The van der Waals surface area contributed by atoms with Crippen LogP contribution in [0.4, 0.5) is 5.69 Å². The number of hydrogen-bond acceptors (Lipinski definition) is 5. The van der Waals surface area contributed by atoms with Gasteiger partial charge in [0.1, 0.15) is 5.75 Å². The zero-order valence-electron chi connectivity index (χ0n) is 16.7. The van der Waals surface area contributed by atoms with E-state index in [1.807, 2.05) is 36.4 Å². The summed E-state index contributed by atoms with van der Waals surface area (Å²) < 4.78 is 5.48. The molecule has 6 heteroatoms. The van der Waals surface area contributed by atoms with Gasteiger partial charge >= 0.3 is 0 Å². The van der Waals surface area contributed by atoms with E-state index in [0.29, 0.717) is 6.54 Å². The van der Waals surface area contributed by atoms with Gasteiger partial charge in [-0.1, -0.05) is 31.2 Å². The molecule has 0 bridgehead atoms. The van der Waals surface area contributed by atoms with Gasteiger partial charge in [-0.2, -0.15) is 0 Å². The Balaban J connectivity index is 1.45. The minimum Gasteiger partial charge on any atom is -0.495 e. The van der Waals surface area contributed by atoms with Gasteiger partial charge in [-0.3, -0.25) is 9.69 Å². The van der Waals surface area contributed by atoms with E-state index in [1.165, 1.54) is 0 Å². The first-order valence-corrected chi connectivity index (χ1v) is 10.8. The summed E-state index contributed by atoms with van der Waals surface area (Å²) in [5, 5.41) is 3.08. The number of ether oxygens (including phenoxy) is 1. The summed E-state index contributed by atoms with van der Waals surface area (Å²) >= 11 is 1.71. The maximum Gasteiger partial charge on any atom is 0.252 e. The van der Waals surface area contributed by atoms with Crippen LogP contribution in [0.1, 0.15) is 17.3 Å². The van der Waals surface area contributed by atoms with Crippen molar-refractivity contribution in [3.63, 3.8) is 0 Å². The van der Waals surface area contributed by atoms with Gasteiger partial charge in [0.15, 0.2) is 0 Å². The summed E-state index contributed by atoms with van der Waals surface area (Å²) in [6.45, 7) is 7.53. The van der Waals surface area contributed by atoms with Crippen LogP contribution in [0.25, 0.3) is 0 Å². The zero-order chi connectivity index (χ0) is 19.8. The third kappa shape index (κ3) is 5.20. The molecule has 0 unspecified atom stereocenters. The normalized spacial score (nSPS) is 14.7. The fourth-order valence-electron chi connectivity index (χ4n) is 3.46. The highest BCUT2D eigenvalue weighted by molar-refractivity contribution is 7.99. The van der Waals surface area contributed by atoms with Crippen LogP contribution in [0, 0.1) is 0 Å². The highest BCUT2D eigenvalue weighted by Crippen LogP contribution is 2.28. The number of thioether (sulfide) groups is 1. The maximum absolute atomic E-state index is 12.5. The van der Waals surface area contributed by atoms with Gasteiger partial charge in [0.05, 0.1) is 18.4 Å². The first-order valence-electron chi connectivity index (χ1n) is 9.83. The summed E-state index contributed by atoms with van der Waals surface area (Å²) in [5.74, 6) is 1.90. The Morgan fingerprint density at radius 1 is 1.07 bits per heavy atom. The van der Waals surface area contributed by atoms with Crippen LogP contribution in [-0.4, -0.2) is 62.9 Å². The average Bonchev–Trinajstić information content (AvgIpc) is 2.75. The largest absolute Gasteiger partial charge is 0.495 e. The number of methoxy groups -OCH3 is 1. The third-order valence-corrected chi connectivity index (χ3v) is 5.90. The molecule has 0 atom stereocenters. The van der Waals surface area contributed by atoms with Crippen LogP contribution in [0.5, 0.6) is 5.75 Å². The molecule has 5 nitrogen and oxygen atoms in total. The molecule has 3 rings (SSSR count). The Hall–Kier alpha value is -2.18. The molecule has 1 N–H and O–H groups in total. The predicted octanol–water partition coefficient (Wildman–Crippen LogP) is 3.36. The second-order valence-electron chi connectivity index (χ2n) is 6.69. The molecular weight excluding hydrogens is 370 g/mol. The van der Waals surface area contributed by atoms with Crippen LogP contribution in [-0.2, 0) is 0 Å². The summed E-state index contributed by atoms with van der Waals surface area (Å²) in [6, 6.07) is 16.0. The number of para-hydroxylation sites is 2. The highest BCUT2D eigenvalue weighted by Gasteiger charge is 2.19. The van der Waals surface area contributed by atoms with Crippen LogP contribution in [0.15, 0.2) is 53.4 Å². The third-order valence-electron chi connectivity index (χ3n) is 4.94. The van der Waals surface area contributed by atoms with Gasteiger partial charge in [-0.25, -0.2) is 0 Å². The minimum atomic E-state index is 0.0178. The molecule has 1 saturated heterocycles. The Kier molecular flexibility index (Phi) is 7.62. The molecule has 150 valence electrons. The quantitative estimate of drug-likeness (QED) is 0.690. The molecule has 1 fully saturated rings. The molecule has 1 amide bonds. The van der Waals surface area contributed by atoms with Crippen molar-refractivity contribution in [3.05, 3.63) is 54.1 Å². The van der Waals surface area contributed by atoms with Crippen molar-refractivity contribution >= 4 is 23.4 Å². The number of nitrogens with one attached hydrogen (secondary N) is 1. The number of nitrogens with zero attached hydrogens (tertiary/aromatic N) is 2. The van der Waals surface area contributed by atoms with E-state index in [0.717, 1.165) is 60.4 Å². The maximum atomic E-state index is 12.5. The first kappa shape index (κ1) is 20.6. The Bertz CT molecular complexity index is 776. The van der Waals surface area contributed by atoms with Crippen LogP contribution in [0.2, 0.25) is 0 Å². The second kappa shape index (κ2) is 10.4. The number of carbonyl (C=O) groups excluding carboxylic acids is 1. The van der Waals surface area contributed by atoms with Crippen LogP contribution >= 0.6 is 11.8 Å². The number of piperazine rings is 1. The second-order valence-corrected chi connectivity index (χ2v) is 7.99. The van der Waals surface area contributed by atoms with Crippen molar-refractivity contribution in [1.29, 1.82) is 0 Å². The summed E-state index contributed by atoms with van der Waals surface area (Å²) in [4.78, 5) is 18.3. The van der Waals surface area contributed by atoms with Crippen molar-refractivity contribution < 1.29 is 9.53 Å². The van der Waals surface area contributed by atoms with E-state index in [2.05, 4.69) is 34.2 Å².